The van der Waals surface area contributed by atoms with Crippen molar-refractivity contribution in [1.29, 1.82) is 0 Å². The quantitative estimate of drug-likeness (QED) is 0.727. The van der Waals surface area contributed by atoms with Crippen molar-refractivity contribution in [3.63, 3.8) is 0 Å². The van der Waals surface area contributed by atoms with E-state index in [9.17, 15) is 14.7 Å². The molecule has 0 aromatic heterocycles. The molecule has 2 N–H and O–H groups in total. The molecule has 2 atom stereocenters. The van der Waals surface area contributed by atoms with E-state index in [1.165, 1.54) is 49.0 Å². The lowest BCUT2D eigenvalue weighted by Crippen LogP contribution is -2.48. The Balaban J connectivity index is 1.26. The van der Waals surface area contributed by atoms with Gasteiger partial charge in [-0.3, -0.25) is 9.69 Å². The van der Waals surface area contributed by atoms with Crippen LogP contribution < -0.4 is 5.32 Å². The Labute approximate surface area is 190 Å². The van der Waals surface area contributed by atoms with E-state index in [0.29, 0.717) is 5.41 Å². The summed E-state index contributed by atoms with van der Waals surface area (Å²) in [6.07, 6.45) is 7.15. The highest BCUT2D eigenvalue weighted by molar-refractivity contribution is 5.97. The summed E-state index contributed by atoms with van der Waals surface area (Å²) in [5.74, 6) is 2.41. The average Bonchev–Trinajstić information content (AvgIpc) is 3.08. The highest BCUT2D eigenvalue weighted by Gasteiger charge is 2.51. The summed E-state index contributed by atoms with van der Waals surface area (Å²) in [4.78, 5) is 26.9. The van der Waals surface area contributed by atoms with E-state index >= 15 is 0 Å². The fourth-order valence-corrected chi connectivity index (χ4v) is 7.18. The van der Waals surface area contributed by atoms with E-state index in [4.69, 9.17) is 4.74 Å². The molecule has 32 heavy (non-hydrogen) atoms. The van der Waals surface area contributed by atoms with Crippen LogP contribution >= 0.6 is 0 Å². The first kappa shape index (κ1) is 21.7. The number of aliphatic hydroxyl groups is 1. The molecule has 4 saturated carbocycles. The normalized spacial score (nSPS) is 35.8. The molecule has 1 aliphatic heterocycles. The van der Waals surface area contributed by atoms with E-state index in [0.717, 1.165) is 23.4 Å². The maximum absolute atomic E-state index is 13.0. The van der Waals surface area contributed by atoms with Crippen molar-refractivity contribution in [2.24, 2.45) is 17.8 Å². The molecule has 1 aromatic rings. The number of β-amino-alcohol motifs (C(OH)–C–C–N with tert-alkyl or cyclic N) is 1. The second-order valence-corrected chi connectivity index (χ2v) is 11.8. The Hall–Kier alpha value is -2.08. The summed E-state index contributed by atoms with van der Waals surface area (Å²) in [5, 5.41) is 13.0. The lowest BCUT2D eigenvalue weighted by atomic mass is 9.48. The number of nitrogens with one attached hydrogen (secondary N) is 1. The predicted molar refractivity (Wildman–Crippen MR) is 122 cm³/mol. The van der Waals surface area contributed by atoms with Crippen molar-refractivity contribution in [3.05, 3.63) is 29.8 Å². The first-order valence-electron chi connectivity index (χ1n) is 12.2. The van der Waals surface area contributed by atoms with Crippen molar-refractivity contribution in [3.8, 4) is 0 Å². The number of likely N-dealkylation sites (tertiary alicyclic amines) is 1. The molecule has 5 fully saturated rings. The molecule has 2 unspecified atom stereocenters. The molecule has 2 amide bonds. The molecule has 4 aliphatic carbocycles. The van der Waals surface area contributed by atoms with Gasteiger partial charge in [0, 0.05) is 12.1 Å². The molecule has 6 rings (SSSR count). The van der Waals surface area contributed by atoms with Crippen LogP contribution in [0.15, 0.2) is 24.3 Å². The molecule has 1 aromatic carbocycles. The number of anilines is 1. The summed E-state index contributed by atoms with van der Waals surface area (Å²) >= 11 is 0. The third-order valence-corrected chi connectivity index (χ3v) is 8.01. The van der Waals surface area contributed by atoms with Gasteiger partial charge in [-0.15, -0.1) is 0 Å². The Morgan fingerprint density at radius 3 is 2.09 bits per heavy atom. The van der Waals surface area contributed by atoms with Crippen LogP contribution in [0.3, 0.4) is 0 Å². The molecular weight excluding hydrogens is 404 g/mol. The van der Waals surface area contributed by atoms with Crippen LogP contribution in [0.1, 0.15) is 71.3 Å². The third kappa shape index (κ3) is 4.14. The molecule has 0 spiro atoms. The van der Waals surface area contributed by atoms with Crippen molar-refractivity contribution >= 4 is 17.7 Å². The first-order chi connectivity index (χ1) is 15.1. The number of nitrogens with zero attached hydrogens (tertiary/aromatic N) is 1. The van der Waals surface area contributed by atoms with Gasteiger partial charge in [-0.25, -0.2) is 4.79 Å². The summed E-state index contributed by atoms with van der Waals surface area (Å²) in [7, 11) is 0. The molecule has 5 aliphatic rings. The maximum atomic E-state index is 13.0. The van der Waals surface area contributed by atoms with Crippen molar-refractivity contribution < 1.29 is 19.4 Å². The number of benzene rings is 1. The number of hydrogen-bond donors (Lipinski definition) is 2. The van der Waals surface area contributed by atoms with E-state index in [1.54, 1.807) is 20.8 Å². The fraction of sp³-hybridized carbons (Fsp3) is 0.692. The van der Waals surface area contributed by atoms with Crippen molar-refractivity contribution in [2.75, 3.05) is 11.9 Å². The third-order valence-electron chi connectivity index (χ3n) is 8.01. The molecule has 4 bridgehead atoms. The zero-order valence-electron chi connectivity index (χ0n) is 19.5. The minimum Gasteiger partial charge on any atom is -0.444 e. The Morgan fingerprint density at radius 1 is 1.00 bits per heavy atom. The summed E-state index contributed by atoms with van der Waals surface area (Å²) < 4.78 is 5.43. The zero-order chi connectivity index (χ0) is 22.7. The van der Waals surface area contributed by atoms with Gasteiger partial charge >= 0.3 is 6.09 Å². The lowest BCUT2D eigenvalue weighted by molar-refractivity contribution is -0.120. The summed E-state index contributed by atoms with van der Waals surface area (Å²) in [6, 6.07) is 7.64. The zero-order valence-corrected chi connectivity index (χ0v) is 19.5. The molecule has 0 radical (unpaired) electrons. The monoisotopic (exact) mass is 440 g/mol. The number of ether oxygens (including phenoxy) is 1. The second kappa shape index (κ2) is 7.75. The van der Waals surface area contributed by atoms with Gasteiger partial charge in [-0.2, -0.15) is 0 Å². The highest BCUT2D eigenvalue weighted by atomic mass is 16.6. The number of rotatable bonds is 3. The Bertz CT molecular complexity index is 853. The average molecular weight is 441 g/mol. The van der Waals surface area contributed by atoms with Crippen molar-refractivity contribution in [1.82, 2.24) is 4.90 Å². The van der Waals surface area contributed by atoms with Gasteiger partial charge in [-0.05, 0) is 100 Å². The number of hydrogen-bond acceptors (Lipinski definition) is 4. The van der Waals surface area contributed by atoms with Gasteiger partial charge in [-0.1, -0.05) is 12.1 Å². The number of amides is 2. The van der Waals surface area contributed by atoms with Crippen LogP contribution in [0, 0.1) is 17.8 Å². The number of carbonyl (C=O) groups is 2. The van der Waals surface area contributed by atoms with Crippen LogP contribution in [0.5, 0.6) is 0 Å². The van der Waals surface area contributed by atoms with E-state index in [-0.39, 0.29) is 18.9 Å². The molecule has 174 valence electrons. The largest absolute Gasteiger partial charge is 0.444 e. The van der Waals surface area contributed by atoms with Crippen LogP contribution in [-0.2, 0) is 14.9 Å². The first-order valence-corrected chi connectivity index (χ1v) is 12.2. The smallest absolute Gasteiger partial charge is 0.411 e. The maximum Gasteiger partial charge on any atom is 0.411 e. The van der Waals surface area contributed by atoms with Gasteiger partial charge in [0.1, 0.15) is 11.6 Å². The Kier molecular flexibility index (Phi) is 5.27. The van der Waals surface area contributed by atoms with Crippen LogP contribution in [0.2, 0.25) is 0 Å². The van der Waals surface area contributed by atoms with Crippen LogP contribution in [-0.4, -0.2) is 46.3 Å². The summed E-state index contributed by atoms with van der Waals surface area (Å²) in [5.41, 5.74) is 1.83. The fourth-order valence-electron chi connectivity index (χ4n) is 7.18. The van der Waals surface area contributed by atoms with E-state index in [2.05, 4.69) is 17.4 Å². The van der Waals surface area contributed by atoms with Gasteiger partial charge in [0.15, 0.2) is 0 Å². The van der Waals surface area contributed by atoms with Crippen LogP contribution in [0.4, 0.5) is 10.5 Å². The minimum atomic E-state index is -0.734. The predicted octanol–water partition coefficient (Wildman–Crippen LogP) is 4.46. The topological polar surface area (TPSA) is 78.9 Å². The SMILES string of the molecule is CC(C)(C)OC(=O)N1CC(O)CC1C(=O)Nc1ccc(C23CC4CC(CC(C4)C2)C3)cc1. The van der Waals surface area contributed by atoms with Gasteiger partial charge in [0.25, 0.3) is 0 Å². The van der Waals surface area contributed by atoms with Gasteiger partial charge in [0.2, 0.25) is 5.91 Å². The number of aliphatic hydroxyl groups excluding tert-OH is 1. The highest BCUT2D eigenvalue weighted by Crippen LogP contribution is 2.60. The molecule has 6 heteroatoms. The second-order valence-electron chi connectivity index (χ2n) is 11.8. The molecule has 6 nitrogen and oxygen atoms in total. The molecular formula is C26H36N2O4. The van der Waals surface area contributed by atoms with Gasteiger partial charge < -0.3 is 15.2 Å². The molecule has 1 heterocycles. The van der Waals surface area contributed by atoms with Crippen molar-refractivity contribution in [2.45, 2.75) is 88.9 Å². The Morgan fingerprint density at radius 2 is 1.56 bits per heavy atom. The molecule has 1 saturated heterocycles. The minimum absolute atomic E-state index is 0.109. The van der Waals surface area contributed by atoms with Crippen LogP contribution in [0.25, 0.3) is 0 Å². The van der Waals surface area contributed by atoms with E-state index in [1.807, 2.05) is 12.1 Å². The van der Waals surface area contributed by atoms with E-state index < -0.39 is 23.8 Å². The standard InChI is InChI=1S/C26H36N2O4/c1-25(2,3)32-24(31)28-15-21(29)11-22(28)23(30)27-20-6-4-19(5-7-20)26-12-16-8-17(13-26)10-18(9-16)14-26/h4-7,16-18,21-22,29H,8-15H2,1-3H3,(H,27,30). The van der Waals surface area contributed by atoms with Gasteiger partial charge in [0.05, 0.1) is 12.6 Å². The summed E-state index contributed by atoms with van der Waals surface area (Å²) in [6.45, 7) is 5.48. The number of carbonyl (C=O) groups excluding carboxylic acids is 2. The lowest BCUT2D eigenvalue weighted by Gasteiger charge is -2.57.